The second kappa shape index (κ2) is 8.39. The van der Waals surface area contributed by atoms with Gasteiger partial charge in [0.15, 0.2) is 9.84 Å². The van der Waals surface area contributed by atoms with Crippen LogP contribution in [0, 0.1) is 0 Å². The van der Waals surface area contributed by atoms with Gasteiger partial charge in [0.05, 0.1) is 33.5 Å². The second-order valence-corrected chi connectivity index (χ2v) is 8.96. The molecule has 0 aliphatic carbocycles. The average Bonchev–Trinajstić information content (AvgIpc) is 2.71. The van der Waals surface area contributed by atoms with Gasteiger partial charge in [-0.2, -0.15) is 0 Å². The highest BCUT2D eigenvalue weighted by Crippen LogP contribution is 2.40. The number of benzene rings is 2. The van der Waals surface area contributed by atoms with Crippen LogP contribution in [-0.4, -0.2) is 26.3 Å². The smallest absolute Gasteiger partial charge is 0.178 e. The molecule has 0 aliphatic rings. The molecule has 0 unspecified atom stereocenters. The lowest BCUT2D eigenvalue weighted by atomic mass is 10.1. The average molecular weight is 437 g/mol. The number of hydrogen-bond acceptors (Lipinski definition) is 5. The van der Waals surface area contributed by atoms with Crippen molar-refractivity contribution in [2.75, 3.05) is 18.2 Å². The summed E-state index contributed by atoms with van der Waals surface area (Å²) in [6.45, 7) is 1.60. The lowest BCUT2D eigenvalue weighted by Gasteiger charge is -2.15. The zero-order chi connectivity index (χ0) is 20.3. The molecule has 0 radical (unpaired) electrons. The number of para-hydroxylation sites is 2. The van der Waals surface area contributed by atoms with Crippen molar-refractivity contribution in [1.82, 2.24) is 4.98 Å². The first kappa shape index (κ1) is 20.5. The molecule has 0 atom stereocenters. The third-order valence-corrected chi connectivity index (χ3v) is 6.58. The van der Waals surface area contributed by atoms with Crippen LogP contribution in [0.25, 0.3) is 11.1 Å². The number of sulfone groups is 1. The molecular formula is C20H18Cl2N2O3S. The molecule has 1 aromatic heterocycles. The van der Waals surface area contributed by atoms with Crippen molar-refractivity contribution in [2.24, 2.45) is 0 Å². The first-order chi connectivity index (χ1) is 13.4. The Bertz CT molecular complexity index is 1120. The van der Waals surface area contributed by atoms with Gasteiger partial charge in [-0.1, -0.05) is 54.4 Å². The van der Waals surface area contributed by atoms with E-state index in [-0.39, 0.29) is 15.7 Å². The summed E-state index contributed by atoms with van der Waals surface area (Å²) in [7, 11) is -1.78. The molecule has 3 rings (SSSR count). The van der Waals surface area contributed by atoms with Crippen molar-refractivity contribution < 1.29 is 13.2 Å². The highest BCUT2D eigenvalue weighted by atomic mass is 35.5. The summed E-state index contributed by atoms with van der Waals surface area (Å²) >= 11 is 12.9. The molecule has 28 heavy (non-hydrogen) atoms. The van der Waals surface area contributed by atoms with Crippen molar-refractivity contribution in [3.63, 3.8) is 0 Å². The number of anilines is 2. The van der Waals surface area contributed by atoms with Gasteiger partial charge in [0.1, 0.15) is 11.6 Å². The number of hydrogen-bond donors (Lipinski definition) is 1. The Morgan fingerprint density at radius 3 is 2.57 bits per heavy atom. The summed E-state index contributed by atoms with van der Waals surface area (Å²) in [4.78, 5) is 4.49. The van der Waals surface area contributed by atoms with Gasteiger partial charge in [0.25, 0.3) is 0 Å². The van der Waals surface area contributed by atoms with Crippen LogP contribution in [0.5, 0.6) is 5.75 Å². The molecule has 0 fully saturated rings. The van der Waals surface area contributed by atoms with Crippen LogP contribution < -0.4 is 10.1 Å². The van der Waals surface area contributed by atoms with Crippen LogP contribution in [0.3, 0.4) is 0 Å². The third-order valence-electron chi connectivity index (χ3n) is 4.20. The Morgan fingerprint density at radius 1 is 1.11 bits per heavy atom. The molecule has 146 valence electrons. The number of nitrogens with one attached hydrogen (secondary N) is 1. The van der Waals surface area contributed by atoms with E-state index in [0.29, 0.717) is 33.4 Å². The quantitative estimate of drug-likeness (QED) is 0.544. The normalized spacial score (nSPS) is 11.3. The molecule has 0 saturated heterocycles. The van der Waals surface area contributed by atoms with Crippen LogP contribution in [0.1, 0.15) is 6.92 Å². The van der Waals surface area contributed by atoms with Crippen molar-refractivity contribution in [2.45, 2.75) is 11.8 Å². The minimum absolute atomic E-state index is 0.00880. The lowest BCUT2D eigenvalue weighted by molar-refractivity contribution is 0.417. The lowest BCUT2D eigenvalue weighted by Crippen LogP contribution is -2.03. The number of halogens is 2. The molecule has 3 aromatic rings. The maximum atomic E-state index is 12.2. The van der Waals surface area contributed by atoms with Gasteiger partial charge in [-0.3, -0.25) is 0 Å². The van der Waals surface area contributed by atoms with Gasteiger partial charge in [0, 0.05) is 11.8 Å². The fourth-order valence-corrected chi connectivity index (χ4v) is 4.24. The molecule has 0 saturated carbocycles. The highest BCUT2D eigenvalue weighted by molar-refractivity contribution is 7.91. The first-order valence-electron chi connectivity index (χ1n) is 8.44. The maximum Gasteiger partial charge on any atom is 0.178 e. The van der Waals surface area contributed by atoms with Gasteiger partial charge in [-0.15, -0.1) is 0 Å². The van der Waals surface area contributed by atoms with Crippen LogP contribution in [0.2, 0.25) is 10.0 Å². The molecule has 0 spiro atoms. The Hall–Kier alpha value is -2.28. The van der Waals surface area contributed by atoms with Gasteiger partial charge < -0.3 is 10.1 Å². The Balaban J connectivity index is 2.09. The number of pyridine rings is 1. The Labute approximate surface area is 174 Å². The van der Waals surface area contributed by atoms with E-state index in [2.05, 4.69) is 10.3 Å². The zero-order valence-electron chi connectivity index (χ0n) is 15.2. The molecule has 8 heteroatoms. The van der Waals surface area contributed by atoms with E-state index >= 15 is 0 Å². The fourth-order valence-electron chi connectivity index (χ4n) is 2.70. The summed E-state index contributed by atoms with van der Waals surface area (Å²) in [6.07, 6.45) is 1.47. The van der Waals surface area contributed by atoms with Crippen LogP contribution >= 0.6 is 23.2 Å². The van der Waals surface area contributed by atoms with Gasteiger partial charge in [-0.05, 0) is 29.8 Å². The number of nitrogens with zero attached hydrogens (tertiary/aromatic N) is 1. The Morgan fingerprint density at radius 2 is 1.86 bits per heavy atom. The van der Waals surface area contributed by atoms with E-state index in [4.69, 9.17) is 27.9 Å². The zero-order valence-corrected chi connectivity index (χ0v) is 17.6. The standard InChI is InChI=1S/C20H18Cl2N2O3S/c1-3-28(25,26)14-8-6-7-13(11-14)18-15(21)12-23-20(19(18)22)24-16-9-4-5-10-17(16)27-2/h4-12H,3H2,1-2H3,(H,23,24). The monoisotopic (exact) mass is 436 g/mol. The summed E-state index contributed by atoms with van der Waals surface area (Å²) in [5, 5.41) is 3.74. The van der Waals surface area contributed by atoms with E-state index in [1.807, 2.05) is 24.3 Å². The molecule has 0 bridgehead atoms. The molecule has 1 N–H and O–H groups in total. The van der Waals surface area contributed by atoms with Crippen molar-refractivity contribution in [3.05, 3.63) is 64.8 Å². The number of rotatable bonds is 6. The summed E-state index contributed by atoms with van der Waals surface area (Å²) in [5.74, 6) is 1.02. The van der Waals surface area contributed by atoms with E-state index in [1.54, 1.807) is 38.3 Å². The van der Waals surface area contributed by atoms with Gasteiger partial charge >= 0.3 is 0 Å². The van der Waals surface area contributed by atoms with Gasteiger partial charge in [-0.25, -0.2) is 13.4 Å². The SMILES string of the molecule is CCS(=O)(=O)c1cccc(-c2c(Cl)cnc(Nc3ccccc3OC)c2Cl)c1. The third kappa shape index (κ3) is 4.09. The van der Waals surface area contributed by atoms with Crippen LogP contribution in [0.15, 0.2) is 59.6 Å². The van der Waals surface area contributed by atoms with Gasteiger partial charge in [0.2, 0.25) is 0 Å². The van der Waals surface area contributed by atoms with Crippen LogP contribution in [-0.2, 0) is 9.84 Å². The number of methoxy groups -OCH3 is 1. The Kier molecular flexibility index (Phi) is 6.13. The fraction of sp³-hybridized carbons (Fsp3) is 0.150. The largest absolute Gasteiger partial charge is 0.495 e. The highest BCUT2D eigenvalue weighted by Gasteiger charge is 2.18. The van der Waals surface area contributed by atoms with E-state index in [9.17, 15) is 8.42 Å². The molecule has 0 amide bonds. The second-order valence-electron chi connectivity index (χ2n) is 5.90. The van der Waals surface area contributed by atoms with Crippen molar-refractivity contribution in [3.8, 4) is 16.9 Å². The van der Waals surface area contributed by atoms with Crippen molar-refractivity contribution >= 4 is 44.5 Å². The number of ether oxygens (including phenoxy) is 1. The number of aromatic nitrogens is 1. The molecule has 5 nitrogen and oxygen atoms in total. The minimum atomic E-state index is -3.36. The van der Waals surface area contributed by atoms with E-state index in [0.717, 1.165) is 0 Å². The predicted molar refractivity (Wildman–Crippen MR) is 114 cm³/mol. The van der Waals surface area contributed by atoms with E-state index in [1.165, 1.54) is 6.20 Å². The van der Waals surface area contributed by atoms with Crippen LogP contribution in [0.4, 0.5) is 11.5 Å². The van der Waals surface area contributed by atoms with E-state index < -0.39 is 9.84 Å². The predicted octanol–water partition coefficient (Wildman–Crippen LogP) is 5.60. The molecular weight excluding hydrogens is 419 g/mol. The topological polar surface area (TPSA) is 68.3 Å². The summed E-state index contributed by atoms with van der Waals surface area (Å²) in [6, 6.07) is 13.9. The summed E-state index contributed by atoms with van der Waals surface area (Å²) < 4.78 is 29.8. The molecule has 1 heterocycles. The van der Waals surface area contributed by atoms with Crippen molar-refractivity contribution in [1.29, 1.82) is 0 Å². The molecule has 2 aromatic carbocycles. The maximum absolute atomic E-state index is 12.2. The molecule has 0 aliphatic heterocycles. The minimum Gasteiger partial charge on any atom is -0.495 e. The first-order valence-corrected chi connectivity index (χ1v) is 10.9. The summed E-state index contributed by atoms with van der Waals surface area (Å²) in [5.41, 5.74) is 1.79.